The quantitative estimate of drug-likeness (QED) is 0.638. The van der Waals surface area contributed by atoms with Crippen LogP contribution in [0.3, 0.4) is 0 Å². The summed E-state index contributed by atoms with van der Waals surface area (Å²) in [7, 11) is 0. The molecule has 0 radical (unpaired) electrons. The smallest absolute Gasteiger partial charge is 0.0662 e. The van der Waals surface area contributed by atoms with Gasteiger partial charge in [-0.05, 0) is 18.8 Å². The summed E-state index contributed by atoms with van der Waals surface area (Å²) in [6.07, 6.45) is 6.65. The molecule has 0 saturated carbocycles. The zero-order valence-corrected chi connectivity index (χ0v) is 7.55. The van der Waals surface area contributed by atoms with E-state index in [1.807, 2.05) is 11.8 Å². The maximum Gasteiger partial charge on any atom is 0.0662 e. The van der Waals surface area contributed by atoms with Gasteiger partial charge in [0.05, 0.1) is 6.10 Å². The van der Waals surface area contributed by atoms with Gasteiger partial charge in [0.15, 0.2) is 0 Å². The number of aliphatic hydroxyl groups excluding tert-OH is 1. The molecule has 0 amide bonds. The minimum Gasteiger partial charge on any atom is -0.392 e. The van der Waals surface area contributed by atoms with Crippen molar-refractivity contribution in [2.45, 2.75) is 36.4 Å². The number of aliphatic hydroxyl groups is 1. The lowest BCUT2D eigenvalue weighted by atomic mass is 10.00. The Morgan fingerprint density at radius 1 is 1.64 bits per heavy atom. The van der Waals surface area contributed by atoms with Gasteiger partial charge in [-0.3, -0.25) is 0 Å². The fourth-order valence-electron chi connectivity index (χ4n) is 1.95. The molecule has 1 heterocycles. The van der Waals surface area contributed by atoms with E-state index in [9.17, 15) is 5.11 Å². The molecule has 0 aromatic heterocycles. The SMILES string of the molecule is CCC(O)C1SC2C=CC1C2. The zero-order valence-electron chi connectivity index (χ0n) is 6.73. The van der Waals surface area contributed by atoms with Crippen LogP contribution in [0.5, 0.6) is 0 Å². The number of hydrogen-bond acceptors (Lipinski definition) is 2. The summed E-state index contributed by atoms with van der Waals surface area (Å²) in [6.45, 7) is 2.06. The Kier molecular flexibility index (Phi) is 1.98. The highest BCUT2D eigenvalue weighted by atomic mass is 32.2. The average molecular weight is 170 g/mol. The number of thioether (sulfide) groups is 1. The maximum absolute atomic E-state index is 9.63. The summed E-state index contributed by atoms with van der Waals surface area (Å²) < 4.78 is 0. The van der Waals surface area contributed by atoms with Crippen molar-refractivity contribution < 1.29 is 5.11 Å². The molecule has 0 spiro atoms. The van der Waals surface area contributed by atoms with Gasteiger partial charge in [-0.1, -0.05) is 19.1 Å². The molecule has 1 N–H and O–H groups in total. The summed E-state index contributed by atoms with van der Waals surface area (Å²) in [5.41, 5.74) is 0. The van der Waals surface area contributed by atoms with Crippen molar-refractivity contribution in [1.82, 2.24) is 0 Å². The Hall–Kier alpha value is 0.0500. The number of fused-ring (bicyclic) bond motifs is 2. The van der Waals surface area contributed by atoms with E-state index in [4.69, 9.17) is 0 Å². The van der Waals surface area contributed by atoms with Crippen LogP contribution in [0.25, 0.3) is 0 Å². The van der Waals surface area contributed by atoms with Gasteiger partial charge in [0.25, 0.3) is 0 Å². The highest BCUT2D eigenvalue weighted by Gasteiger charge is 2.39. The first-order chi connectivity index (χ1) is 5.31. The van der Waals surface area contributed by atoms with Crippen molar-refractivity contribution in [3.05, 3.63) is 12.2 Å². The molecule has 0 aromatic carbocycles. The Morgan fingerprint density at radius 3 is 2.91 bits per heavy atom. The standard InChI is InChI=1S/C9H14OS/c1-2-8(10)9-6-3-4-7(5-6)11-9/h3-4,6-10H,2,5H2,1H3. The number of hydrogen-bond donors (Lipinski definition) is 1. The van der Waals surface area contributed by atoms with Gasteiger partial charge in [0.2, 0.25) is 0 Å². The Labute approximate surface area is 71.9 Å². The molecule has 62 valence electrons. The molecule has 1 fully saturated rings. The van der Waals surface area contributed by atoms with Crippen molar-refractivity contribution in [3.8, 4) is 0 Å². The summed E-state index contributed by atoms with van der Waals surface area (Å²) in [5.74, 6) is 0.667. The van der Waals surface area contributed by atoms with Crippen LogP contribution in [0.1, 0.15) is 19.8 Å². The van der Waals surface area contributed by atoms with Gasteiger partial charge >= 0.3 is 0 Å². The second kappa shape index (κ2) is 2.83. The van der Waals surface area contributed by atoms with E-state index >= 15 is 0 Å². The molecule has 1 saturated heterocycles. The lowest BCUT2D eigenvalue weighted by Gasteiger charge is -2.22. The fourth-order valence-corrected chi connectivity index (χ4v) is 3.64. The third kappa shape index (κ3) is 1.23. The van der Waals surface area contributed by atoms with Crippen LogP contribution in [-0.2, 0) is 0 Å². The van der Waals surface area contributed by atoms with Gasteiger partial charge in [-0.25, -0.2) is 0 Å². The first kappa shape index (κ1) is 7.69. The van der Waals surface area contributed by atoms with Crippen molar-refractivity contribution in [2.75, 3.05) is 0 Å². The summed E-state index contributed by atoms with van der Waals surface area (Å²) in [6, 6.07) is 0. The van der Waals surface area contributed by atoms with Gasteiger partial charge in [-0.2, -0.15) is 0 Å². The van der Waals surface area contributed by atoms with E-state index < -0.39 is 0 Å². The van der Waals surface area contributed by atoms with Crippen LogP contribution in [-0.4, -0.2) is 21.7 Å². The van der Waals surface area contributed by atoms with Crippen molar-refractivity contribution >= 4 is 11.8 Å². The molecule has 4 atom stereocenters. The van der Waals surface area contributed by atoms with Gasteiger partial charge in [0, 0.05) is 10.5 Å². The topological polar surface area (TPSA) is 20.2 Å². The van der Waals surface area contributed by atoms with Crippen LogP contribution in [0.2, 0.25) is 0 Å². The average Bonchev–Trinajstić information content (AvgIpc) is 2.62. The van der Waals surface area contributed by atoms with Crippen molar-refractivity contribution in [1.29, 1.82) is 0 Å². The highest BCUT2D eigenvalue weighted by molar-refractivity contribution is 8.01. The normalized spacial score (nSPS) is 43.3. The first-order valence-electron chi connectivity index (χ1n) is 4.33. The zero-order chi connectivity index (χ0) is 7.84. The van der Waals surface area contributed by atoms with Crippen molar-refractivity contribution in [2.24, 2.45) is 5.92 Å². The summed E-state index contributed by atoms with van der Waals surface area (Å²) in [5, 5.41) is 10.8. The molecule has 4 unspecified atom stereocenters. The van der Waals surface area contributed by atoms with Crippen LogP contribution >= 0.6 is 11.8 Å². The van der Waals surface area contributed by atoms with E-state index in [-0.39, 0.29) is 6.10 Å². The predicted octanol–water partition coefficient (Wildman–Crippen LogP) is 1.82. The molecule has 11 heavy (non-hydrogen) atoms. The Balaban J connectivity index is 2.02. The first-order valence-corrected chi connectivity index (χ1v) is 5.27. The van der Waals surface area contributed by atoms with Gasteiger partial charge < -0.3 is 5.11 Å². The fraction of sp³-hybridized carbons (Fsp3) is 0.778. The van der Waals surface area contributed by atoms with E-state index in [2.05, 4.69) is 19.1 Å². The maximum atomic E-state index is 9.63. The molecule has 1 aliphatic carbocycles. The molecular weight excluding hydrogens is 156 g/mol. The van der Waals surface area contributed by atoms with Crippen molar-refractivity contribution in [3.63, 3.8) is 0 Å². The lowest BCUT2D eigenvalue weighted by molar-refractivity contribution is 0.156. The molecule has 1 nitrogen and oxygen atoms in total. The minimum atomic E-state index is -0.0834. The van der Waals surface area contributed by atoms with Crippen LogP contribution in [0.15, 0.2) is 12.2 Å². The molecule has 0 aromatic rings. The molecular formula is C9H14OS. The van der Waals surface area contributed by atoms with Crippen LogP contribution < -0.4 is 0 Å². The van der Waals surface area contributed by atoms with Gasteiger partial charge in [-0.15, -0.1) is 11.8 Å². The largest absolute Gasteiger partial charge is 0.392 e. The number of allylic oxidation sites excluding steroid dienone is 1. The minimum absolute atomic E-state index is 0.0834. The Bertz CT molecular complexity index is 178. The van der Waals surface area contributed by atoms with E-state index in [1.165, 1.54) is 6.42 Å². The monoisotopic (exact) mass is 170 g/mol. The van der Waals surface area contributed by atoms with Crippen LogP contribution in [0.4, 0.5) is 0 Å². The lowest BCUT2D eigenvalue weighted by Crippen LogP contribution is -2.26. The number of rotatable bonds is 2. The molecule has 2 aliphatic rings. The second-order valence-corrected chi connectivity index (χ2v) is 4.82. The van der Waals surface area contributed by atoms with E-state index in [0.717, 1.165) is 6.42 Å². The third-order valence-electron chi connectivity index (χ3n) is 2.63. The second-order valence-electron chi connectivity index (χ2n) is 3.40. The van der Waals surface area contributed by atoms with Gasteiger partial charge in [0.1, 0.15) is 0 Å². The predicted molar refractivity (Wildman–Crippen MR) is 48.7 cm³/mol. The van der Waals surface area contributed by atoms with E-state index in [1.54, 1.807) is 0 Å². The summed E-state index contributed by atoms with van der Waals surface area (Å²) in [4.78, 5) is 0. The molecule has 1 aliphatic heterocycles. The molecule has 2 bridgehead atoms. The third-order valence-corrected chi connectivity index (χ3v) is 4.31. The Morgan fingerprint density at radius 2 is 2.45 bits per heavy atom. The molecule has 2 heteroatoms. The van der Waals surface area contributed by atoms with E-state index in [0.29, 0.717) is 16.4 Å². The summed E-state index contributed by atoms with van der Waals surface area (Å²) >= 11 is 1.96. The van der Waals surface area contributed by atoms with Crippen LogP contribution in [0, 0.1) is 5.92 Å². The highest BCUT2D eigenvalue weighted by Crippen LogP contribution is 2.46. The molecule has 2 rings (SSSR count).